The Balaban J connectivity index is 1.18. The van der Waals surface area contributed by atoms with E-state index in [0.29, 0.717) is 24.8 Å². The molecular formula is C28H40N4O4. The van der Waals surface area contributed by atoms with E-state index in [2.05, 4.69) is 27.5 Å². The highest BCUT2D eigenvalue weighted by molar-refractivity contribution is 5.77. The van der Waals surface area contributed by atoms with Crippen molar-refractivity contribution < 1.29 is 18.8 Å². The van der Waals surface area contributed by atoms with Crippen molar-refractivity contribution in [3.05, 3.63) is 40.8 Å². The maximum absolute atomic E-state index is 13.4. The molecule has 1 aromatic carbocycles. The largest absolute Gasteiger partial charge is 0.493 e. The van der Waals surface area contributed by atoms with Crippen molar-refractivity contribution in [3.8, 4) is 11.5 Å². The van der Waals surface area contributed by atoms with Gasteiger partial charge in [-0.05, 0) is 93.4 Å². The van der Waals surface area contributed by atoms with E-state index in [-0.39, 0.29) is 5.91 Å². The van der Waals surface area contributed by atoms with Gasteiger partial charge in [0.2, 0.25) is 5.91 Å². The highest BCUT2D eigenvalue weighted by atomic mass is 16.5. The van der Waals surface area contributed by atoms with Gasteiger partial charge in [0, 0.05) is 25.6 Å². The fourth-order valence-corrected chi connectivity index (χ4v) is 6.07. The molecule has 3 aliphatic heterocycles. The van der Waals surface area contributed by atoms with Crippen LogP contribution >= 0.6 is 0 Å². The lowest BCUT2D eigenvalue weighted by Gasteiger charge is -2.35. The van der Waals surface area contributed by atoms with Gasteiger partial charge < -0.3 is 24.2 Å². The zero-order valence-electron chi connectivity index (χ0n) is 21.8. The molecule has 0 radical (unpaired) electrons. The molecule has 2 atom stereocenters. The molecule has 2 saturated heterocycles. The number of aromatic nitrogens is 1. The number of methoxy groups -OCH3 is 2. The molecule has 4 heterocycles. The van der Waals surface area contributed by atoms with Gasteiger partial charge in [-0.2, -0.15) is 0 Å². The predicted octanol–water partition coefficient (Wildman–Crippen LogP) is 3.42. The summed E-state index contributed by atoms with van der Waals surface area (Å²) in [6.07, 6.45) is 7.19. The molecule has 5 rings (SSSR count). The summed E-state index contributed by atoms with van der Waals surface area (Å²) in [5.41, 5.74) is 3.40. The number of piperidine rings is 2. The molecular weight excluding hydrogens is 456 g/mol. The summed E-state index contributed by atoms with van der Waals surface area (Å²) >= 11 is 0. The summed E-state index contributed by atoms with van der Waals surface area (Å²) < 4.78 is 16.6. The lowest BCUT2D eigenvalue weighted by molar-refractivity contribution is -0.133. The van der Waals surface area contributed by atoms with Gasteiger partial charge in [0.05, 0.1) is 26.5 Å². The van der Waals surface area contributed by atoms with E-state index in [1.165, 1.54) is 24.8 Å². The van der Waals surface area contributed by atoms with Gasteiger partial charge in [0.1, 0.15) is 0 Å². The fourth-order valence-electron chi connectivity index (χ4n) is 6.07. The van der Waals surface area contributed by atoms with Crippen LogP contribution in [0.25, 0.3) is 0 Å². The van der Waals surface area contributed by atoms with Crippen LogP contribution in [-0.2, 0) is 30.7 Å². The summed E-state index contributed by atoms with van der Waals surface area (Å²) in [5, 5.41) is 7.92. The van der Waals surface area contributed by atoms with E-state index >= 15 is 0 Å². The molecule has 8 nitrogen and oxygen atoms in total. The van der Waals surface area contributed by atoms with Crippen LogP contribution in [-0.4, -0.2) is 67.8 Å². The molecule has 3 aliphatic rings. The number of rotatable bonds is 8. The number of likely N-dealkylation sites (tertiary alicyclic amines) is 1. The second-order valence-electron chi connectivity index (χ2n) is 10.6. The number of carbonyl (C=O) groups is 1. The molecule has 2 aromatic rings. The molecule has 1 amide bonds. The average Bonchev–Trinajstić information content (AvgIpc) is 3.35. The van der Waals surface area contributed by atoms with Crippen LogP contribution in [0.4, 0.5) is 0 Å². The third-order valence-corrected chi connectivity index (χ3v) is 8.18. The van der Waals surface area contributed by atoms with Gasteiger partial charge >= 0.3 is 0 Å². The number of hydrogen-bond donors (Lipinski definition) is 1. The van der Waals surface area contributed by atoms with E-state index in [1.54, 1.807) is 14.2 Å². The van der Waals surface area contributed by atoms with Crippen molar-refractivity contribution in [2.45, 2.75) is 58.0 Å². The van der Waals surface area contributed by atoms with Crippen molar-refractivity contribution in [2.75, 3.05) is 46.9 Å². The number of ether oxygens (including phenoxy) is 2. The van der Waals surface area contributed by atoms with Gasteiger partial charge in [-0.1, -0.05) is 11.6 Å². The molecule has 0 saturated carbocycles. The Morgan fingerprint density at radius 3 is 2.61 bits per heavy atom. The van der Waals surface area contributed by atoms with Crippen LogP contribution in [0.2, 0.25) is 0 Å². The Morgan fingerprint density at radius 1 is 1.06 bits per heavy atom. The SMILES string of the molecule is COc1cc2c(cc1OC)CN(C(=O)C[C@H]1CCNC[C@@H]1Cc1cc(CN3CCCCC3)on1)CC2. The number of hydrogen-bond acceptors (Lipinski definition) is 7. The summed E-state index contributed by atoms with van der Waals surface area (Å²) in [6.45, 7) is 6.42. The second kappa shape index (κ2) is 11.6. The second-order valence-corrected chi connectivity index (χ2v) is 10.6. The molecule has 8 heteroatoms. The first-order chi connectivity index (χ1) is 17.6. The summed E-state index contributed by atoms with van der Waals surface area (Å²) in [6, 6.07) is 6.20. The number of nitrogens with zero attached hydrogens (tertiary/aromatic N) is 3. The third kappa shape index (κ3) is 5.86. The normalized spacial score (nSPS) is 22.8. The lowest BCUT2D eigenvalue weighted by Crippen LogP contribution is -2.42. The van der Waals surface area contributed by atoms with Crippen LogP contribution in [0.15, 0.2) is 22.7 Å². The smallest absolute Gasteiger partial charge is 0.223 e. The molecule has 1 N–H and O–H groups in total. The minimum Gasteiger partial charge on any atom is -0.493 e. The quantitative estimate of drug-likeness (QED) is 0.600. The molecule has 1 aromatic heterocycles. The summed E-state index contributed by atoms with van der Waals surface area (Å²) in [4.78, 5) is 17.9. The first-order valence-corrected chi connectivity index (χ1v) is 13.5. The molecule has 196 valence electrons. The van der Waals surface area contributed by atoms with Crippen LogP contribution in [0.3, 0.4) is 0 Å². The van der Waals surface area contributed by atoms with Crippen LogP contribution < -0.4 is 14.8 Å². The Kier molecular flexibility index (Phi) is 8.12. The van der Waals surface area contributed by atoms with Crippen molar-refractivity contribution >= 4 is 5.91 Å². The average molecular weight is 497 g/mol. The Hall–Kier alpha value is -2.58. The molecule has 0 bridgehead atoms. The Bertz CT molecular complexity index is 1030. The van der Waals surface area contributed by atoms with E-state index in [9.17, 15) is 4.79 Å². The van der Waals surface area contributed by atoms with E-state index in [0.717, 1.165) is 87.0 Å². The zero-order chi connectivity index (χ0) is 24.9. The van der Waals surface area contributed by atoms with Crippen molar-refractivity contribution in [1.82, 2.24) is 20.3 Å². The van der Waals surface area contributed by atoms with Gasteiger partial charge in [0.15, 0.2) is 17.3 Å². The van der Waals surface area contributed by atoms with Crippen LogP contribution in [0, 0.1) is 11.8 Å². The van der Waals surface area contributed by atoms with E-state index in [4.69, 9.17) is 14.0 Å². The molecule has 0 spiro atoms. The minimum atomic E-state index is 0.248. The van der Waals surface area contributed by atoms with Crippen molar-refractivity contribution in [1.29, 1.82) is 0 Å². The molecule has 2 fully saturated rings. The van der Waals surface area contributed by atoms with Gasteiger partial charge in [0.25, 0.3) is 0 Å². The standard InChI is InChI=1S/C28H40N4O4/c1-34-26-13-21-7-11-32(18-23(21)14-27(26)35-2)28(33)15-20-6-8-29-17-22(20)12-24-16-25(36-30-24)19-31-9-4-3-5-10-31/h13-14,16,20,22,29H,3-12,15,17-19H2,1-2H3/t20-,22+/m1/s1. The highest BCUT2D eigenvalue weighted by Gasteiger charge is 2.31. The fraction of sp³-hybridized carbons (Fsp3) is 0.643. The lowest BCUT2D eigenvalue weighted by atomic mass is 9.80. The first kappa shape index (κ1) is 25.1. The molecule has 0 aliphatic carbocycles. The maximum Gasteiger partial charge on any atom is 0.223 e. The number of fused-ring (bicyclic) bond motifs is 1. The maximum atomic E-state index is 13.4. The first-order valence-electron chi connectivity index (χ1n) is 13.5. The van der Waals surface area contributed by atoms with E-state index in [1.807, 2.05) is 11.0 Å². The number of benzene rings is 1. The topological polar surface area (TPSA) is 80.1 Å². The minimum absolute atomic E-state index is 0.248. The highest BCUT2D eigenvalue weighted by Crippen LogP contribution is 2.34. The molecule has 0 unspecified atom stereocenters. The van der Waals surface area contributed by atoms with Crippen LogP contribution in [0.1, 0.15) is 54.7 Å². The van der Waals surface area contributed by atoms with Crippen molar-refractivity contribution in [2.24, 2.45) is 11.8 Å². The van der Waals surface area contributed by atoms with Gasteiger partial charge in [-0.15, -0.1) is 0 Å². The monoisotopic (exact) mass is 496 g/mol. The van der Waals surface area contributed by atoms with Crippen LogP contribution in [0.5, 0.6) is 11.5 Å². The molecule has 36 heavy (non-hydrogen) atoms. The number of nitrogens with one attached hydrogen (secondary N) is 1. The summed E-state index contributed by atoms with van der Waals surface area (Å²) in [5.74, 6) is 3.42. The van der Waals surface area contributed by atoms with Crippen molar-refractivity contribution in [3.63, 3.8) is 0 Å². The number of carbonyl (C=O) groups excluding carboxylic acids is 1. The Morgan fingerprint density at radius 2 is 1.83 bits per heavy atom. The zero-order valence-corrected chi connectivity index (χ0v) is 21.8. The van der Waals surface area contributed by atoms with E-state index < -0.39 is 0 Å². The Labute approximate surface area is 214 Å². The third-order valence-electron chi connectivity index (χ3n) is 8.18. The number of amides is 1. The predicted molar refractivity (Wildman–Crippen MR) is 137 cm³/mol. The van der Waals surface area contributed by atoms with Gasteiger partial charge in [-0.3, -0.25) is 9.69 Å². The van der Waals surface area contributed by atoms with Gasteiger partial charge in [-0.25, -0.2) is 0 Å². The summed E-state index contributed by atoms with van der Waals surface area (Å²) in [7, 11) is 3.31.